The topological polar surface area (TPSA) is 115 Å². The Bertz CT molecular complexity index is 834. The fourth-order valence-electron chi connectivity index (χ4n) is 2.50. The molecule has 3 rings (SSSR count). The molecule has 8 heteroatoms. The second kappa shape index (κ2) is 8.05. The smallest absolute Gasteiger partial charge is 0.272 e. The molecule has 2 heterocycles. The number of aromatic nitrogens is 1. The number of carbonyl (C=O) groups excluding carboxylic acids is 2. The zero-order valence-corrected chi connectivity index (χ0v) is 14.9. The van der Waals surface area contributed by atoms with E-state index in [1.807, 2.05) is 0 Å². The summed E-state index contributed by atoms with van der Waals surface area (Å²) in [5.74, 6) is 0.348. The number of rotatable bonds is 7. The molecule has 27 heavy (non-hydrogen) atoms. The molecule has 0 unspecified atom stereocenters. The van der Waals surface area contributed by atoms with Gasteiger partial charge in [-0.15, -0.1) is 0 Å². The van der Waals surface area contributed by atoms with E-state index in [2.05, 4.69) is 4.98 Å². The van der Waals surface area contributed by atoms with Crippen LogP contribution in [0.2, 0.25) is 0 Å². The summed E-state index contributed by atoms with van der Waals surface area (Å²) in [6.45, 7) is 3.03. The molecule has 0 saturated carbocycles. The second-order valence-electron chi connectivity index (χ2n) is 6.30. The maximum Gasteiger partial charge on any atom is 0.272 e. The summed E-state index contributed by atoms with van der Waals surface area (Å²) in [6, 6.07) is 7.77. The number of pyridine rings is 1. The third-order valence-electron chi connectivity index (χ3n) is 4.09. The highest BCUT2D eigenvalue weighted by atomic mass is 16.5. The summed E-state index contributed by atoms with van der Waals surface area (Å²) in [6.07, 6.45) is 2.01. The predicted octanol–water partition coefficient (Wildman–Crippen LogP) is 1.58. The summed E-state index contributed by atoms with van der Waals surface area (Å²) >= 11 is 0. The summed E-state index contributed by atoms with van der Waals surface area (Å²) in [7, 11) is 0. The molecular weight excluding hydrogens is 350 g/mol. The van der Waals surface area contributed by atoms with Gasteiger partial charge in [0.05, 0.1) is 12.8 Å². The molecule has 1 fully saturated rings. The highest BCUT2D eigenvalue weighted by molar-refractivity contribution is 5.94. The number of likely N-dealkylation sites (tertiary alicyclic amines) is 1. The third kappa shape index (κ3) is 4.53. The average Bonchev–Trinajstić information content (AvgIpc) is 2.60. The van der Waals surface area contributed by atoms with E-state index in [0.29, 0.717) is 22.9 Å². The lowest BCUT2D eigenvalue weighted by molar-refractivity contribution is 0.0645. The predicted molar refractivity (Wildman–Crippen MR) is 97.0 cm³/mol. The Labute approximate surface area is 156 Å². The zero-order valence-electron chi connectivity index (χ0n) is 14.9. The minimum absolute atomic E-state index is 0.0998. The van der Waals surface area contributed by atoms with Gasteiger partial charge in [-0.25, -0.2) is 4.98 Å². The van der Waals surface area contributed by atoms with Crippen molar-refractivity contribution in [3.05, 3.63) is 47.8 Å². The average molecular weight is 371 g/mol. The van der Waals surface area contributed by atoms with E-state index in [-0.39, 0.29) is 18.1 Å². The molecule has 0 aliphatic carbocycles. The van der Waals surface area contributed by atoms with Gasteiger partial charge in [0.1, 0.15) is 29.0 Å². The van der Waals surface area contributed by atoms with Gasteiger partial charge in [0.15, 0.2) is 0 Å². The van der Waals surface area contributed by atoms with Crippen LogP contribution in [-0.2, 0) is 0 Å². The molecule has 142 valence electrons. The molecule has 1 aliphatic heterocycles. The molecule has 0 spiro atoms. The van der Waals surface area contributed by atoms with Crippen LogP contribution in [0.4, 0.5) is 0 Å². The molecule has 1 atom stereocenters. The first kappa shape index (κ1) is 18.7. The van der Waals surface area contributed by atoms with Crippen molar-refractivity contribution in [3.8, 4) is 17.2 Å². The maximum absolute atomic E-state index is 12.1. The molecule has 2 amide bonds. The minimum atomic E-state index is -0.629. The molecule has 1 aromatic carbocycles. The van der Waals surface area contributed by atoms with Crippen LogP contribution in [0.3, 0.4) is 0 Å². The quantitative estimate of drug-likeness (QED) is 0.763. The van der Waals surface area contributed by atoms with Crippen LogP contribution in [0.25, 0.3) is 0 Å². The van der Waals surface area contributed by atoms with Gasteiger partial charge in [-0.05, 0) is 37.6 Å². The SMILES string of the molecule is C[C@@H](CO)Oc1cc(Oc2ccc(C(=O)N3CCC3)nc2)cc(C(N)=O)c1. The van der Waals surface area contributed by atoms with Crippen molar-refractivity contribution in [3.63, 3.8) is 0 Å². The molecule has 0 bridgehead atoms. The number of ether oxygens (including phenoxy) is 2. The van der Waals surface area contributed by atoms with E-state index in [9.17, 15) is 9.59 Å². The fourth-order valence-corrected chi connectivity index (χ4v) is 2.50. The number of benzene rings is 1. The first-order valence-electron chi connectivity index (χ1n) is 8.62. The largest absolute Gasteiger partial charge is 0.488 e. The number of hydrogen-bond donors (Lipinski definition) is 2. The summed E-state index contributed by atoms with van der Waals surface area (Å²) in [4.78, 5) is 29.5. The number of amides is 2. The summed E-state index contributed by atoms with van der Waals surface area (Å²) in [5.41, 5.74) is 5.92. The first-order chi connectivity index (χ1) is 13.0. The van der Waals surface area contributed by atoms with Gasteiger partial charge in [-0.3, -0.25) is 9.59 Å². The lowest BCUT2D eigenvalue weighted by Gasteiger charge is -2.30. The third-order valence-corrected chi connectivity index (χ3v) is 4.09. The summed E-state index contributed by atoms with van der Waals surface area (Å²) in [5, 5.41) is 9.12. The van der Waals surface area contributed by atoms with Gasteiger partial charge in [0, 0.05) is 24.7 Å². The Balaban J connectivity index is 1.77. The molecule has 0 radical (unpaired) electrons. The van der Waals surface area contributed by atoms with E-state index in [1.165, 1.54) is 18.3 Å². The Hall–Kier alpha value is -3.13. The van der Waals surface area contributed by atoms with Crippen LogP contribution in [0.1, 0.15) is 34.2 Å². The van der Waals surface area contributed by atoms with E-state index in [4.69, 9.17) is 20.3 Å². The number of aliphatic hydroxyl groups excluding tert-OH is 1. The fraction of sp³-hybridized carbons (Fsp3) is 0.316. The van der Waals surface area contributed by atoms with Gasteiger partial charge in [0.2, 0.25) is 5.91 Å². The molecule has 8 nitrogen and oxygen atoms in total. The van der Waals surface area contributed by atoms with E-state index < -0.39 is 12.0 Å². The van der Waals surface area contributed by atoms with E-state index >= 15 is 0 Å². The van der Waals surface area contributed by atoms with Crippen LogP contribution in [-0.4, -0.2) is 52.6 Å². The Morgan fingerprint density at radius 2 is 1.96 bits per heavy atom. The number of hydrogen-bond acceptors (Lipinski definition) is 6. The van der Waals surface area contributed by atoms with Crippen molar-refractivity contribution in [2.24, 2.45) is 5.73 Å². The first-order valence-corrected chi connectivity index (χ1v) is 8.62. The zero-order chi connectivity index (χ0) is 19.4. The maximum atomic E-state index is 12.1. The van der Waals surface area contributed by atoms with Crippen LogP contribution in [0.5, 0.6) is 17.2 Å². The minimum Gasteiger partial charge on any atom is -0.488 e. The highest BCUT2D eigenvalue weighted by Gasteiger charge is 2.22. The molecule has 1 aliphatic rings. The van der Waals surface area contributed by atoms with Gasteiger partial charge < -0.3 is 25.2 Å². The Morgan fingerprint density at radius 1 is 1.22 bits per heavy atom. The van der Waals surface area contributed by atoms with Crippen LogP contribution >= 0.6 is 0 Å². The van der Waals surface area contributed by atoms with Gasteiger partial charge in [-0.1, -0.05) is 0 Å². The van der Waals surface area contributed by atoms with Crippen molar-refractivity contribution in [1.82, 2.24) is 9.88 Å². The highest BCUT2D eigenvalue weighted by Crippen LogP contribution is 2.28. The van der Waals surface area contributed by atoms with Gasteiger partial charge in [0.25, 0.3) is 5.91 Å². The van der Waals surface area contributed by atoms with Crippen molar-refractivity contribution in [1.29, 1.82) is 0 Å². The van der Waals surface area contributed by atoms with E-state index in [0.717, 1.165) is 19.5 Å². The molecular formula is C19H21N3O5. The molecule has 3 N–H and O–H groups in total. The Kier molecular flexibility index (Phi) is 5.56. The van der Waals surface area contributed by atoms with Gasteiger partial charge in [-0.2, -0.15) is 0 Å². The number of nitrogens with zero attached hydrogens (tertiary/aromatic N) is 2. The van der Waals surface area contributed by atoms with Crippen LogP contribution < -0.4 is 15.2 Å². The van der Waals surface area contributed by atoms with Crippen molar-refractivity contribution in [2.45, 2.75) is 19.4 Å². The number of primary amides is 1. The number of nitrogens with two attached hydrogens (primary N) is 1. The van der Waals surface area contributed by atoms with Gasteiger partial charge >= 0.3 is 0 Å². The molecule has 1 aromatic heterocycles. The van der Waals surface area contributed by atoms with E-state index in [1.54, 1.807) is 30.0 Å². The van der Waals surface area contributed by atoms with Crippen LogP contribution in [0, 0.1) is 0 Å². The molecule has 1 saturated heterocycles. The number of aliphatic hydroxyl groups is 1. The van der Waals surface area contributed by atoms with Crippen molar-refractivity contribution < 1.29 is 24.2 Å². The lowest BCUT2D eigenvalue weighted by atomic mass is 10.2. The standard InChI is InChI=1S/C19H21N3O5/c1-12(11-23)26-15-7-13(18(20)24)8-16(9-15)27-14-3-4-17(21-10-14)19(25)22-5-2-6-22/h3-4,7-10,12,23H,2,5-6,11H2,1H3,(H2,20,24)/t12-/m0/s1. The van der Waals surface area contributed by atoms with Crippen molar-refractivity contribution in [2.75, 3.05) is 19.7 Å². The monoisotopic (exact) mass is 371 g/mol. The van der Waals surface area contributed by atoms with Crippen molar-refractivity contribution >= 4 is 11.8 Å². The molecule has 2 aromatic rings. The second-order valence-corrected chi connectivity index (χ2v) is 6.30. The normalized spacial score (nSPS) is 14.2. The number of carbonyl (C=O) groups is 2. The van der Waals surface area contributed by atoms with Crippen LogP contribution in [0.15, 0.2) is 36.5 Å². The lowest BCUT2D eigenvalue weighted by Crippen LogP contribution is -2.42. The summed E-state index contributed by atoms with van der Waals surface area (Å²) < 4.78 is 11.2. The Morgan fingerprint density at radius 3 is 2.52 bits per heavy atom.